The van der Waals surface area contributed by atoms with E-state index >= 15 is 0 Å². The van der Waals surface area contributed by atoms with Gasteiger partial charge >= 0.3 is 6.16 Å². The molecule has 0 bridgehead atoms. The summed E-state index contributed by atoms with van der Waals surface area (Å²) in [6.07, 6.45) is -9.36. The minimum absolute atomic E-state index is 0.634. The molecule has 0 aromatic carbocycles. The molecular formula is C7H12O8. The van der Waals surface area contributed by atoms with Crippen molar-refractivity contribution in [2.45, 2.75) is 30.7 Å². The molecular weight excluding hydrogens is 212 g/mol. The molecule has 5 N–H and O–H groups in total. The topological polar surface area (TPSA) is 137 Å². The summed E-state index contributed by atoms with van der Waals surface area (Å²) in [6.45, 7) is -0.634. The second kappa shape index (κ2) is 4.73. The highest BCUT2D eigenvalue weighted by molar-refractivity contribution is 5.57. The van der Waals surface area contributed by atoms with Crippen molar-refractivity contribution < 1.29 is 39.8 Å². The zero-order valence-corrected chi connectivity index (χ0v) is 7.55. The van der Waals surface area contributed by atoms with E-state index in [9.17, 15) is 20.1 Å². The minimum atomic E-state index is -1.70. The number of aliphatic hydroxyl groups excluding tert-OH is 4. The summed E-state index contributed by atoms with van der Waals surface area (Å²) >= 11 is 0. The molecule has 1 rings (SSSR count). The second-order valence-electron chi connectivity index (χ2n) is 3.08. The smallest absolute Gasteiger partial charge is 0.450 e. The van der Waals surface area contributed by atoms with Crippen molar-refractivity contribution in [1.29, 1.82) is 0 Å². The first-order valence-corrected chi connectivity index (χ1v) is 4.17. The molecule has 8 nitrogen and oxygen atoms in total. The lowest BCUT2D eigenvalue weighted by atomic mass is 9.99. The Morgan fingerprint density at radius 1 is 1.20 bits per heavy atom. The second-order valence-corrected chi connectivity index (χ2v) is 3.08. The Hall–Kier alpha value is -0.930. The van der Waals surface area contributed by atoms with E-state index in [1.165, 1.54) is 0 Å². The molecule has 1 saturated heterocycles. The van der Waals surface area contributed by atoms with Crippen LogP contribution in [-0.2, 0) is 9.47 Å². The van der Waals surface area contributed by atoms with Crippen molar-refractivity contribution in [1.82, 2.24) is 0 Å². The molecule has 88 valence electrons. The van der Waals surface area contributed by atoms with Crippen LogP contribution in [0.15, 0.2) is 0 Å². The molecule has 1 heterocycles. The number of ether oxygens (including phenoxy) is 2. The van der Waals surface area contributed by atoms with Gasteiger partial charge in [-0.2, -0.15) is 0 Å². The zero-order valence-electron chi connectivity index (χ0n) is 7.55. The lowest BCUT2D eigenvalue weighted by Crippen LogP contribution is -2.59. The molecule has 15 heavy (non-hydrogen) atoms. The molecule has 1 fully saturated rings. The molecule has 0 amide bonds. The van der Waals surface area contributed by atoms with Gasteiger partial charge in [0.2, 0.25) is 6.29 Å². The molecule has 0 aromatic heterocycles. The van der Waals surface area contributed by atoms with Gasteiger partial charge in [0.05, 0.1) is 6.61 Å². The van der Waals surface area contributed by atoms with Crippen molar-refractivity contribution in [2.75, 3.05) is 6.61 Å². The largest absolute Gasteiger partial charge is 0.508 e. The standard InChI is InChI=1S/C7H12O8/c8-1-2-3(9)4(10)5(11)6(14-2)15-7(12)13/h2-6,8-11H,1H2,(H,12,13)/t2-,3-,4+,5+,6-/m1/s1. The van der Waals surface area contributed by atoms with Gasteiger partial charge < -0.3 is 35.0 Å². The fourth-order valence-corrected chi connectivity index (χ4v) is 1.26. The number of carboxylic acid groups (broad SMARTS) is 1. The van der Waals surface area contributed by atoms with Crippen LogP contribution in [0, 0.1) is 0 Å². The zero-order chi connectivity index (χ0) is 11.6. The van der Waals surface area contributed by atoms with E-state index in [0.29, 0.717) is 0 Å². The van der Waals surface area contributed by atoms with Gasteiger partial charge in [0.1, 0.15) is 24.4 Å². The van der Waals surface area contributed by atoms with Crippen LogP contribution in [0.1, 0.15) is 0 Å². The van der Waals surface area contributed by atoms with Crippen LogP contribution in [0.3, 0.4) is 0 Å². The minimum Gasteiger partial charge on any atom is -0.450 e. The Bertz CT molecular complexity index is 229. The van der Waals surface area contributed by atoms with E-state index in [0.717, 1.165) is 0 Å². The molecule has 0 aromatic rings. The highest BCUT2D eigenvalue weighted by Gasteiger charge is 2.45. The lowest BCUT2D eigenvalue weighted by molar-refractivity contribution is -0.287. The Morgan fingerprint density at radius 3 is 2.27 bits per heavy atom. The van der Waals surface area contributed by atoms with Crippen molar-refractivity contribution in [3.05, 3.63) is 0 Å². The molecule has 0 spiro atoms. The van der Waals surface area contributed by atoms with Crippen molar-refractivity contribution in [3.8, 4) is 0 Å². The predicted molar refractivity (Wildman–Crippen MR) is 42.9 cm³/mol. The Morgan fingerprint density at radius 2 is 1.80 bits per heavy atom. The lowest BCUT2D eigenvalue weighted by Gasteiger charge is -2.38. The van der Waals surface area contributed by atoms with Gasteiger partial charge in [-0.1, -0.05) is 0 Å². The summed E-state index contributed by atoms with van der Waals surface area (Å²) in [7, 11) is 0. The van der Waals surface area contributed by atoms with Gasteiger partial charge in [-0.25, -0.2) is 4.79 Å². The van der Waals surface area contributed by atoms with Crippen LogP contribution in [-0.4, -0.2) is 69.0 Å². The third-order valence-corrected chi connectivity index (χ3v) is 2.07. The van der Waals surface area contributed by atoms with E-state index in [4.69, 9.17) is 14.9 Å². The van der Waals surface area contributed by atoms with Crippen LogP contribution in [0.2, 0.25) is 0 Å². The van der Waals surface area contributed by atoms with E-state index in [-0.39, 0.29) is 0 Å². The number of rotatable bonds is 2. The fourth-order valence-electron chi connectivity index (χ4n) is 1.26. The maximum Gasteiger partial charge on any atom is 0.508 e. The SMILES string of the molecule is O=C(O)O[C@H]1O[C@H](CO)[C@@H](O)[C@H](O)[C@@H]1O. The maximum atomic E-state index is 10.2. The van der Waals surface area contributed by atoms with E-state index < -0.39 is 43.5 Å². The van der Waals surface area contributed by atoms with Crippen LogP contribution in [0.4, 0.5) is 4.79 Å². The van der Waals surface area contributed by atoms with Crippen molar-refractivity contribution in [3.63, 3.8) is 0 Å². The summed E-state index contributed by atoms with van der Waals surface area (Å²) in [4.78, 5) is 10.2. The first kappa shape index (κ1) is 12.1. The van der Waals surface area contributed by atoms with Crippen molar-refractivity contribution in [2.24, 2.45) is 0 Å². The molecule has 1 aliphatic rings. The summed E-state index contributed by atoms with van der Waals surface area (Å²) in [5.74, 6) is 0. The van der Waals surface area contributed by atoms with Crippen molar-refractivity contribution >= 4 is 6.16 Å². The molecule has 0 saturated carbocycles. The third-order valence-electron chi connectivity index (χ3n) is 2.07. The molecule has 5 atom stereocenters. The van der Waals surface area contributed by atoms with Crippen LogP contribution in [0.5, 0.6) is 0 Å². The van der Waals surface area contributed by atoms with Crippen LogP contribution in [0.25, 0.3) is 0 Å². The van der Waals surface area contributed by atoms with Crippen LogP contribution >= 0.6 is 0 Å². The molecule has 1 aliphatic heterocycles. The summed E-state index contributed by atoms with van der Waals surface area (Å²) in [5, 5.41) is 44.8. The number of hydrogen-bond acceptors (Lipinski definition) is 7. The number of carbonyl (C=O) groups is 1. The normalized spacial score (nSPS) is 41.2. The first-order valence-electron chi connectivity index (χ1n) is 4.17. The monoisotopic (exact) mass is 224 g/mol. The Balaban J connectivity index is 2.69. The number of hydrogen-bond donors (Lipinski definition) is 5. The van der Waals surface area contributed by atoms with E-state index in [2.05, 4.69) is 4.74 Å². The van der Waals surface area contributed by atoms with Crippen LogP contribution < -0.4 is 0 Å². The van der Waals surface area contributed by atoms with Gasteiger partial charge in [0.25, 0.3) is 0 Å². The highest BCUT2D eigenvalue weighted by Crippen LogP contribution is 2.21. The summed E-state index contributed by atoms with van der Waals surface area (Å²) in [6, 6.07) is 0. The first-order chi connectivity index (χ1) is 6.97. The average molecular weight is 224 g/mol. The summed E-state index contributed by atoms with van der Waals surface area (Å²) in [5.41, 5.74) is 0. The van der Waals surface area contributed by atoms with Gasteiger partial charge in [-0.05, 0) is 0 Å². The number of aliphatic hydroxyl groups is 4. The quantitative estimate of drug-likeness (QED) is 0.324. The molecule has 0 radical (unpaired) electrons. The fraction of sp³-hybridized carbons (Fsp3) is 0.857. The van der Waals surface area contributed by atoms with E-state index in [1.54, 1.807) is 0 Å². The van der Waals surface area contributed by atoms with E-state index in [1.807, 2.05) is 0 Å². The molecule has 0 unspecified atom stereocenters. The molecule has 0 aliphatic carbocycles. The maximum absolute atomic E-state index is 10.2. The summed E-state index contributed by atoms with van der Waals surface area (Å²) < 4.78 is 8.84. The Labute approximate surface area is 84.3 Å². The van der Waals surface area contributed by atoms with Gasteiger partial charge in [-0.15, -0.1) is 0 Å². The predicted octanol–water partition coefficient (Wildman–Crippen LogP) is -2.52. The van der Waals surface area contributed by atoms with Gasteiger partial charge in [0, 0.05) is 0 Å². The van der Waals surface area contributed by atoms with Gasteiger partial charge in [0.15, 0.2) is 0 Å². The third kappa shape index (κ3) is 2.55. The van der Waals surface area contributed by atoms with Gasteiger partial charge in [-0.3, -0.25) is 0 Å². The average Bonchev–Trinajstić information content (AvgIpc) is 2.18. The Kier molecular flexibility index (Phi) is 3.83. The molecule has 8 heteroatoms. The highest BCUT2D eigenvalue weighted by atomic mass is 16.8.